The summed E-state index contributed by atoms with van der Waals surface area (Å²) in [5, 5.41) is 0. The van der Waals surface area contributed by atoms with E-state index in [0.29, 0.717) is 13.0 Å². The van der Waals surface area contributed by atoms with Gasteiger partial charge in [-0.25, -0.2) is 4.39 Å². The third-order valence-corrected chi connectivity index (χ3v) is 6.67. The van der Waals surface area contributed by atoms with E-state index < -0.39 is 29.2 Å². The monoisotopic (exact) mass is 409 g/mol. The zero-order chi connectivity index (χ0) is 21.1. The highest BCUT2D eigenvalue weighted by atomic mass is 19.1. The Bertz CT molecular complexity index is 999. The number of hydrogen-bond donors (Lipinski definition) is 0. The van der Waals surface area contributed by atoms with Gasteiger partial charge in [0, 0.05) is 32.5 Å². The molecule has 2 saturated heterocycles. The topological polar surface area (TPSA) is 55.8 Å². The van der Waals surface area contributed by atoms with E-state index in [2.05, 4.69) is 12.1 Å². The lowest BCUT2D eigenvalue weighted by Gasteiger charge is -2.54. The minimum Gasteiger partial charge on any atom is -0.422 e. The summed E-state index contributed by atoms with van der Waals surface area (Å²) in [6.07, 6.45) is 1.59. The summed E-state index contributed by atoms with van der Waals surface area (Å²) in [7, 11) is 0. The number of ether oxygens (including phenoxy) is 2. The number of hydrogen-bond acceptors (Lipinski definition) is 5. The lowest BCUT2D eigenvalue weighted by atomic mass is 9.65. The molecule has 2 aromatic rings. The van der Waals surface area contributed by atoms with Gasteiger partial charge in [0.15, 0.2) is 5.41 Å². The average molecular weight is 409 g/mol. The van der Waals surface area contributed by atoms with Gasteiger partial charge in [-0.2, -0.15) is 0 Å². The fraction of sp³-hybridized carbons (Fsp3) is 0.417. The van der Waals surface area contributed by atoms with Crippen LogP contribution < -0.4 is 4.90 Å². The molecule has 2 fully saturated rings. The van der Waals surface area contributed by atoms with E-state index in [1.54, 1.807) is 19.9 Å². The van der Waals surface area contributed by atoms with Crippen LogP contribution in [0.3, 0.4) is 0 Å². The quantitative estimate of drug-likeness (QED) is 0.527. The Morgan fingerprint density at radius 1 is 1.03 bits per heavy atom. The van der Waals surface area contributed by atoms with E-state index in [1.807, 2.05) is 23.1 Å². The number of esters is 2. The smallest absolute Gasteiger partial charge is 0.329 e. The van der Waals surface area contributed by atoms with Gasteiger partial charge in [-0.05, 0) is 42.0 Å². The van der Waals surface area contributed by atoms with Crippen LogP contribution in [0.1, 0.15) is 43.7 Å². The highest BCUT2D eigenvalue weighted by Crippen LogP contribution is 2.51. The summed E-state index contributed by atoms with van der Waals surface area (Å²) in [5.74, 6) is -2.54. The molecule has 2 unspecified atom stereocenters. The maximum atomic E-state index is 14.1. The van der Waals surface area contributed by atoms with E-state index in [0.717, 1.165) is 17.7 Å². The average Bonchev–Trinajstić information content (AvgIpc) is 2.72. The number of cyclic esters (lactones) is 2. The molecular weight excluding hydrogens is 385 g/mol. The largest absolute Gasteiger partial charge is 0.422 e. The van der Waals surface area contributed by atoms with E-state index in [9.17, 15) is 14.0 Å². The second kappa shape index (κ2) is 6.56. The van der Waals surface area contributed by atoms with Gasteiger partial charge in [-0.15, -0.1) is 0 Å². The van der Waals surface area contributed by atoms with Crippen LogP contribution in [0, 0.1) is 11.2 Å². The van der Waals surface area contributed by atoms with Crippen LogP contribution in [-0.2, 0) is 25.5 Å². The molecule has 5 nitrogen and oxygen atoms in total. The molecule has 3 aliphatic rings. The van der Waals surface area contributed by atoms with Gasteiger partial charge in [-0.1, -0.05) is 36.4 Å². The Kier molecular flexibility index (Phi) is 4.17. The minimum atomic E-state index is -1.45. The molecule has 156 valence electrons. The molecule has 0 aromatic heterocycles. The predicted octanol–water partition coefficient (Wildman–Crippen LogP) is 3.96. The van der Waals surface area contributed by atoms with Gasteiger partial charge in [-0.3, -0.25) is 9.59 Å². The fourth-order valence-corrected chi connectivity index (χ4v) is 5.27. The van der Waals surface area contributed by atoms with Crippen molar-refractivity contribution in [3.8, 4) is 0 Å². The predicted molar refractivity (Wildman–Crippen MR) is 108 cm³/mol. The van der Waals surface area contributed by atoms with Gasteiger partial charge < -0.3 is 14.4 Å². The normalized spacial score (nSPS) is 26.4. The lowest BCUT2D eigenvalue weighted by molar-refractivity contribution is -0.253. The minimum absolute atomic E-state index is 0.152. The van der Waals surface area contributed by atoms with E-state index in [-0.39, 0.29) is 18.2 Å². The Labute approximate surface area is 174 Å². The SMILES string of the molecule is CC1(C)OC(=O)C2(Cc3ccc(F)cc3N3CCC(c4ccccc4)CC32)C(=O)O1. The highest BCUT2D eigenvalue weighted by Gasteiger charge is 2.64. The molecule has 0 bridgehead atoms. The Balaban J connectivity index is 1.62. The second-order valence-corrected chi connectivity index (χ2v) is 8.94. The molecule has 0 saturated carbocycles. The van der Waals surface area contributed by atoms with Crippen LogP contribution in [0.15, 0.2) is 48.5 Å². The number of nitrogens with zero attached hydrogens (tertiary/aromatic N) is 1. The van der Waals surface area contributed by atoms with Gasteiger partial charge in [0.25, 0.3) is 5.79 Å². The molecular formula is C24H24FNO4. The summed E-state index contributed by atoms with van der Waals surface area (Å²) in [5.41, 5.74) is 1.24. The maximum absolute atomic E-state index is 14.1. The molecule has 5 rings (SSSR count). The Morgan fingerprint density at radius 3 is 2.43 bits per heavy atom. The molecule has 6 heteroatoms. The third-order valence-electron chi connectivity index (χ3n) is 6.67. The van der Waals surface area contributed by atoms with Crippen molar-refractivity contribution in [3.63, 3.8) is 0 Å². The van der Waals surface area contributed by atoms with Crippen LogP contribution in [0.4, 0.5) is 10.1 Å². The zero-order valence-electron chi connectivity index (χ0n) is 17.1. The summed E-state index contributed by atoms with van der Waals surface area (Å²) in [6.45, 7) is 3.74. The third kappa shape index (κ3) is 2.81. The molecule has 2 atom stereocenters. The number of carbonyl (C=O) groups is 2. The lowest BCUT2D eigenvalue weighted by Crippen LogP contribution is -2.67. The van der Waals surface area contributed by atoms with Crippen molar-refractivity contribution in [3.05, 3.63) is 65.5 Å². The van der Waals surface area contributed by atoms with E-state index in [4.69, 9.17) is 9.47 Å². The number of benzene rings is 2. The number of piperidine rings is 1. The van der Waals surface area contributed by atoms with E-state index in [1.165, 1.54) is 17.7 Å². The first-order valence-corrected chi connectivity index (χ1v) is 10.4. The van der Waals surface area contributed by atoms with Gasteiger partial charge in [0.2, 0.25) is 0 Å². The summed E-state index contributed by atoms with van der Waals surface area (Å²) in [4.78, 5) is 28.7. The molecule has 0 radical (unpaired) electrons. The molecule has 0 N–H and O–H groups in total. The highest BCUT2D eigenvalue weighted by molar-refractivity contribution is 6.04. The second-order valence-electron chi connectivity index (χ2n) is 8.94. The number of carbonyl (C=O) groups excluding carboxylic acids is 2. The van der Waals surface area contributed by atoms with Crippen molar-refractivity contribution in [1.29, 1.82) is 0 Å². The standard InChI is InChI=1S/C24H24FNO4/c1-23(2)29-21(27)24(22(28)30-23)14-17-8-9-18(25)13-19(17)26-11-10-16(12-20(24)26)15-6-4-3-5-7-15/h3-9,13,16,20H,10-12,14H2,1-2H3. The summed E-state index contributed by atoms with van der Waals surface area (Å²) in [6, 6.07) is 14.2. The van der Waals surface area contributed by atoms with Gasteiger partial charge in [0.05, 0.1) is 6.04 Å². The first-order valence-electron chi connectivity index (χ1n) is 10.4. The van der Waals surface area contributed by atoms with Crippen molar-refractivity contribution in [2.45, 2.75) is 50.9 Å². The number of halogens is 1. The van der Waals surface area contributed by atoms with Gasteiger partial charge in [0.1, 0.15) is 5.82 Å². The van der Waals surface area contributed by atoms with Crippen LogP contribution in [0.5, 0.6) is 0 Å². The van der Waals surface area contributed by atoms with Crippen molar-refractivity contribution < 1.29 is 23.5 Å². The van der Waals surface area contributed by atoms with E-state index >= 15 is 0 Å². The van der Waals surface area contributed by atoms with Crippen LogP contribution in [-0.4, -0.2) is 30.3 Å². The van der Waals surface area contributed by atoms with Crippen LogP contribution >= 0.6 is 0 Å². The molecule has 1 spiro atoms. The number of anilines is 1. The Morgan fingerprint density at radius 2 is 1.73 bits per heavy atom. The first kappa shape index (κ1) is 19.1. The molecule has 3 aliphatic heterocycles. The van der Waals surface area contributed by atoms with Crippen molar-refractivity contribution in [2.24, 2.45) is 5.41 Å². The summed E-state index contributed by atoms with van der Waals surface area (Å²) >= 11 is 0. The van der Waals surface area contributed by atoms with Gasteiger partial charge >= 0.3 is 11.9 Å². The summed E-state index contributed by atoms with van der Waals surface area (Å²) < 4.78 is 25.2. The molecule has 0 amide bonds. The number of fused-ring (bicyclic) bond motifs is 4. The molecule has 30 heavy (non-hydrogen) atoms. The van der Waals surface area contributed by atoms with Crippen molar-refractivity contribution in [2.75, 3.05) is 11.4 Å². The van der Waals surface area contributed by atoms with Crippen LogP contribution in [0.25, 0.3) is 0 Å². The molecule has 0 aliphatic carbocycles. The fourth-order valence-electron chi connectivity index (χ4n) is 5.27. The van der Waals surface area contributed by atoms with Crippen molar-refractivity contribution in [1.82, 2.24) is 0 Å². The first-order chi connectivity index (χ1) is 14.3. The molecule has 3 heterocycles. The van der Waals surface area contributed by atoms with Crippen LogP contribution in [0.2, 0.25) is 0 Å². The molecule has 2 aromatic carbocycles. The zero-order valence-corrected chi connectivity index (χ0v) is 17.1. The maximum Gasteiger partial charge on any atom is 0.329 e. The Hall–Kier alpha value is -2.89. The van der Waals surface area contributed by atoms with Crippen molar-refractivity contribution >= 4 is 17.6 Å². The number of rotatable bonds is 1.